The quantitative estimate of drug-likeness (QED) is 0.136. The van der Waals surface area contributed by atoms with Gasteiger partial charge in [-0.25, -0.2) is 0 Å². The first-order valence-electron chi connectivity index (χ1n) is 14.3. The van der Waals surface area contributed by atoms with Crippen LogP contribution < -0.4 is 26.0 Å². The fourth-order valence-corrected chi connectivity index (χ4v) is 10.5. The largest absolute Gasteiger partial charge is 0.497 e. The summed E-state index contributed by atoms with van der Waals surface area (Å²) in [7, 11) is -0.126. The lowest BCUT2D eigenvalue weighted by atomic mass is 9.65. The summed E-state index contributed by atoms with van der Waals surface area (Å²) in [5, 5.41) is 4.02. The Bertz CT molecular complexity index is 1710. The third-order valence-electron chi connectivity index (χ3n) is 7.94. The van der Waals surface area contributed by atoms with Crippen molar-refractivity contribution in [2.45, 2.75) is 6.17 Å². The zero-order chi connectivity index (χ0) is 28.6. The van der Waals surface area contributed by atoms with Gasteiger partial charge in [0.05, 0.1) is 12.8 Å². The Balaban J connectivity index is 1.49. The van der Waals surface area contributed by atoms with E-state index in [2.05, 4.69) is 156 Å². The Hall–Kier alpha value is -4.87. The third-order valence-corrected chi connectivity index (χ3v) is 12.7. The number of nitrogens with zero attached hydrogens (tertiary/aromatic N) is 2. The Labute approximate surface area is 250 Å². The Kier molecular flexibility index (Phi) is 8.29. The van der Waals surface area contributed by atoms with E-state index in [1.54, 1.807) is 7.11 Å². The van der Waals surface area contributed by atoms with Crippen molar-refractivity contribution >= 4 is 48.2 Å². The van der Waals surface area contributed by atoms with Gasteiger partial charge in [-0.3, -0.25) is 4.98 Å². The number of ether oxygens (including phenoxy) is 1. The molecule has 0 bridgehead atoms. The molecule has 0 saturated heterocycles. The minimum atomic E-state index is -2.59. The summed E-state index contributed by atoms with van der Waals surface area (Å²) in [6.07, 6.45) is 7.20. The van der Waals surface area contributed by atoms with Crippen LogP contribution in [-0.2, 0) is 6.17 Å². The average Bonchev–Trinajstić information content (AvgIpc) is 3.51. The van der Waals surface area contributed by atoms with Crippen molar-refractivity contribution in [3.63, 3.8) is 0 Å². The van der Waals surface area contributed by atoms with E-state index in [0.717, 1.165) is 24.9 Å². The van der Waals surface area contributed by atoms with E-state index >= 15 is 0 Å². The normalized spacial score (nSPS) is 11.7. The molecule has 6 aromatic rings. The molecule has 1 aromatic heterocycles. The molecule has 0 aliphatic heterocycles. The topological polar surface area (TPSA) is 27.1 Å². The SMILES string of the molecule is COc1cccc([Si](Cn2ccnc2BC(=Cc2ccccc2)c2ccccc2)(c2ccccc2)c2ccccc2)c1. The van der Waals surface area contributed by atoms with E-state index in [1.165, 1.54) is 32.2 Å². The maximum Gasteiger partial charge on any atom is 0.239 e. The predicted octanol–water partition coefficient (Wildman–Crippen LogP) is 4.86. The highest BCUT2D eigenvalue weighted by Gasteiger charge is 2.40. The number of imidazole rings is 1. The number of rotatable bonds is 10. The van der Waals surface area contributed by atoms with Gasteiger partial charge in [0.15, 0.2) is 8.07 Å². The van der Waals surface area contributed by atoms with Gasteiger partial charge in [-0.05, 0) is 38.8 Å². The Morgan fingerprint density at radius 2 is 1.29 bits per heavy atom. The van der Waals surface area contributed by atoms with Gasteiger partial charge < -0.3 is 9.30 Å². The molecule has 0 aliphatic carbocycles. The average molecular weight is 561 g/mol. The third kappa shape index (κ3) is 5.78. The van der Waals surface area contributed by atoms with Crippen molar-refractivity contribution in [1.29, 1.82) is 0 Å². The molecule has 1 heterocycles. The molecule has 0 unspecified atom stereocenters. The van der Waals surface area contributed by atoms with Crippen LogP contribution in [0, 0.1) is 0 Å². The summed E-state index contributed by atoms with van der Waals surface area (Å²) in [5.41, 5.74) is 4.68. The molecule has 0 atom stereocenters. The molecule has 0 saturated carbocycles. The monoisotopic (exact) mass is 560 g/mol. The summed E-state index contributed by atoms with van der Waals surface area (Å²) in [6.45, 7) is 0. The summed E-state index contributed by atoms with van der Waals surface area (Å²) >= 11 is 0. The first kappa shape index (κ1) is 27.3. The molecule has 0 radical (unpaired) electrons. The first-order chi connectivity index (χ1) is 20.8. The van der Waals surface area contributed by atoms with E-state index in [4.69, 9.17) is 9.72 Å². The van der Waals surface area contributed by atoms with Crippen LogP contribution in [0.3, 0.4) is 0 Å². The van der Waals surface area contributed by atoms with Gasteiger partial charge in [0, 0.05) is 18.6 Å². The molecule has 3 nitrogen and oxygen atoms in total. The number of hydrogen-bond acceptors (Lipinski definition) is 2. The maximum atomic E-state index is 5.73. The molecule has 0 N–H and O–H groups in total. The molecule has 5 heteroatoms. The van der Waals surface area contributed by atoms with E-state index in [9.17, 15) is 0 Å². The number of benzene rings is 5. The second-order valence-electron chi connectivity index (χ2n) is 10.5. The van der Waals surface area contributed by atoms with E-state index in [1.807, 2.05) is 12.3 Å². The highest BCUT2D eigenvalue weighted by Crippen LogP contribution is 2.18. The van der Waals surface area contributed by atoms with Gasteiger partial charge in [0.2, 0.25) is 7.28 Å². The lowest BCUT2D eigenvalue weighted by Gasteiger charge is -2.35. The minimum Gasteiger partial charge on any atom is -0.497 e. The highest BCUT2D eigenvalue weighted by atomic mass is 28.3. The molecule has 0 amide bonds. The molecule has 0 spiro atoms. The number of aromatic nitrogens is 2. The summed E-state index contributed by atoms with van der Waals surface area (Å²) in [6, 6.07) is 51.8. The van der Waals surface area contributed by atoms with Crippen LogP contribution in [0.4, 0.5) is 0 Å². The van der Waals surface area contributed by atoms with Crippen LogP contribution in [-0.4, -0.2) is 32.0 Å². The predicted molar refractivity (Wildman–Crippen MR) is 180 cm³/mol. The minimum absolute atomic E-state index is 0.720. The van der Waals surface area contributed by atoms with Crippen LogP contribution in [0.2, 0.25) is 0 Å². The fraction of sp³-hybridized carbons (Fsp3) is 0.0541. The lowest BCUT2D eigenvalue weighted by Crippen LogP contribution is -2.70. The van der Waals surface area contributed by atoms with Crippen molar-refractivity contribution in [1.82, 2.24) is 9.55 Å². The molecular weight excluding hydrogens is 527 g/mol. The second-order valence-corrected chi connectivity index (χ2v) is 14.3. The van der Waals surface area contributed by atoms with Crippen molar-refractivity contribution in [2.24, 2.45) is 0 Å². The standard InChI is InChI=1S/C37H33BN2OSi/c1-41-32-19-14-24-35(28-32)42(33-20-10-4-11-21-33,34-22-12-5-13-23-34)29-40-26-25-39-37(40)38-36(31-17-8-3-9-18-31)27-30-15-6-2-7-16-30/h2-28,38H,29H2,1H3. The maximum absolute atomic E-state index is 5.73. The van der Waals surface area contributed by atoms with Crippen LogP contribution in [0.15, 0.2) is 158 Å². The van der Waals surface area contributed by atoms with E-state index in [0.29, 0.717) is 0 Å². The zero-order valence-corrected chi connectivity index (χ0v) is 24.8. The van der Waals surface area contributed by atoms with Crippen LogP contribution in [0.1, 0.15) is 11.1 Å². The molecular formula is C37H33BN2OSi. The molecule has 204 valence electrons. The van der Waals surface area contributed by atoms with Gasteiger partial charge in [-0.2, -0.15) is 0 Å². The van der Waals surface area contributed by atoms with Crippen LogP contribution in [0.5, 0.6) is 5.75 Å². The van der Waals surface area contributed by atoms with E-state index in [-0.39, 0.29) is 0 Å². The molecule has 0 aliphatic rings. The van der Waals surface area contributed by atoms with Crippen LogP contribution >= 0.6 is 0 Å². The van der Waals surface area contributed by atoms with Crippen molar-refractivity contribution in [3.8, 4) is 5.75 Å². The Morgan fingerprint density at radius 1 is 0.714 bits per heavy atom. The second kappa shape index (κ2) is 12.8. The van der Waals surface area contributed by atoms with Gasteiger partial charge in [-0.15, -0.1) is 0 Å². The van der Waals surface area contributed by atoms with Crippen LogP contribution in [0.25, 0.3) is 11.5 Å². The lowest BCUT2D eigenvalue weighted by molar-refractivity contribution is 0.415. The van der Waals surface area contributed by atoms with Gasteiger partial charge >= 0.3 is 0 Å². The molecule has 6 rings (SSSR count). The van der Waals surface area contributed by atoms with E-state index < -0.39 is 8.07 Å². The fourth-order valence-electron chi connectivity index (χ4n) is 5.82. The summed E-state index contributed by atoms with van der Waals surface area (Å²) in [5.74, 6) is 0.874. The zero-order valence-electron chi connectivity index (χ0n) is 23.8. The van der Waals surface area contributed by atoms with Gasteiger partial charge in [0.1, 0.15) is 5.75 Å². The molecule has 0 fully saturated rings. The van der Waals surface area contributed by atoms with Crippen molar-refractivity contribution < 1.29 is 4.74 Å². The highest BCUT2D eigenvalue weighted by molar-refractivity contribution is 7.10. The first-order valence-corrected chi connectivity index (χ1v) is 16.5. The van der Waals surface area contributed by atoms with Gasteiger partial charge in [-0.1, -0.05) is 145 Å². The summed E-state index contributed by atoms with van der Waals surface area (Å²) in [4.78, 5) is 4.94. The smallest absolute Gasteiger partial charge is 0.239 e. The number of hydrogen-bond donors (Lipinski definition) is 0. The molecule has 5 aromatic carbocycles. The van der Waals surface area contributed by atoms with Gasteiger partial charge in [0.25, 0.3) is 0 Å². The summed E-state index contributed by atoms with van der Waals surface area (Å²) < 4.78 is 8.12. The number of methoxy groups -OCH3 is 1. The van der Waals surface area contributed by atoms with Crippen molar-refractivity contribution in [2.75, 3.05) is 7.11 Å². The molecule has 42 heavy (non-hydrogen) atoms. The van der Waals surface area contributed by atoms with Crippen molar-refractivity contribution in [3.05, 3.63) is 169 Å². The Morgan fingerprint density at radius 3 is 1.90 bits per heavy atom.